The van der Waals surface area contributed by atoms with Gasteiger partial charge in [-0.2, -0.15) is 11.3 Å². The molecule has 124 valence electrons. The number of carboxylic acid groups (broad SMARTS) is 1. The average molecular weight is 356 g/mol. The molecule has 2 aromatic rings. The molecule has 0 saturated carbocycles. The molecule has 0 aliphatic carbocycles. The number of carbonyl (C=O) groups excluding carboxylic acids is 2. The first-order valence-corrected chi connectivity index (χ1v) is 8.47. The van der Waals surface area contributed by atoms with Crippen LogP contribution in [0.3, 0.4) is 0 Å². The van der Waals surface area contributed by atoms with Crippen LogP contribution in [-0.4, -0.2) is 36.2 Å². The lowest BCUT2D eigenvalue weighted by atomic mass is 10.2. The molecular formula is C15H16O6S2. The summed E-state index contributed by atoms with van der Waals surface area (Å²) in [5.74, 6) is -1.02. The van der Waals surface area contributed by atoms with Crippen LogP contribution >= 0.6 is 22.7 Å². The van der Waals surface area contributed by atoms with Gasteiger partial charge in [-0.3, -0.25) is 9.59 Å². The molecule has 0 aromatic carbocycles. The zero-order chi connectivity index (χ0) is 16.9. The van der Waals surface area contributed by atoms with E-state index in [-0.39, 0.29) is 18.6 Å². The molecule has 0 radical (unpaired) electrons. The second-order valence-electron chi connectivity index (χ2n) is 4.03. The summed E-state index contributed by atoms with van der Waals surface area (Å²) < 4.78 is 8.58. The summed E-state index contributed by atoms with van der Waals surface area (Å²) in [5, 5.41) is 14.2. The van der Waals surface area contributed by atoms with Gasteiger partial charge in [0.2, 0.25) is 0 Å². The molecule has 23 heavy (non-hydrogen) atoms. The van der Waals surface area contributed by atoms with E-state index in [1.807, 2.05) is 22.9 Å². The average Bonchev–Trinajstić information content (AvgIpc) is 3.27. The molecule has 1 fully saturated rings. The molecule has 0 unspecified atom stereocenters. The number of rotatable bonds is 4. The standard InChI is InChI=1S/C8H8O3S.C4H4S.C3H4O3/c9-6(3-4-8(10)11)7-2-1-5-12-7;1-2-4-5-3-1;4-3-5-1-2-6-3/h1-2,5H,3-4H2,(H,10,11);1-4H;1-2H2. The quantitative estimate of drug-likeness (QED) is 0.664. The lowest BCUT2D eigenvalue weighted by Gasteiger charge is -1.92. The van der Waals surface area contributed by atoms with Gasteiger partial charge in [-0.15, -0.1) is 11.3 Å². The smallest absolute Gasteiger partial charge is 0.481 e. The number of hydrogen-bond donors (Lipinski definition) is 1. The molecular weight excluding hydrogens is 340 g/mol. The number of Topliss-reactive ketones (excluding diaryl/α,β-unsaturated/α-hetero) is 1. The molecule has 8 heteroatoms. The Labute approximate surface area is 141 Å². The summed E-state index contributed by atoms with van der Waals surface area (Å²) >= 11 is 3.05. The van der Waals surface area contributed by atoms with Crippen molar-refractivity contribution in [3.63, 3.8) is 0 Å². The minimum atomic E-state index is -0.931. The zero-order valence-electron chi connectivity index (χ0n) is 12.2. The number of thiophene rings is 2. The van der Waals surface area contributed by atoms with Crippen molar-refractivity contribution >= 4 is 40.6 Å². The van der Waals surface area contributed by atoms with Gasteiger partial charge >= 0.3 is 12.1 Å². The van der Waals surface area contributed by atoms with Crippen molar-refractivity contribution < 1.29 is 29.0 Å². The number of aliphatic carboxylic acids is 1. The van der Waals surface area contributed by atoms with Crippen LogP contribution < -0.4 is 0 Å². The van der Waals surface area contributed by atoms with Crippen LogP contribution in [0.25, 0.3) is 0 Å². The molecule has 0 amide bonds. The molecule has 1 saturated heterocycles. The lowest BCUT2D eigenvalue weighted by Crippen LogP contribution is -2.01. The molecule has 0 atom stereocenters. The lowest BCUT2D eigenvalue weighted by molar-refractivity contribution is -0.136. The minimum Gasteiger partial charge on any atom is -0.481 e. The van der Waals surface area contributed by atoms with Crippen LogP contribution in [-0.2, 0) is 14.3 Å². The van der Waals surface area contributed by atoms with Gasteiger partial charge < -0.3 is 14.6 Å². The van der Waals surface area contributed by atoms with Crippen molar-refractivity contribution in [1.29, 1.82) is 0 Å². The predicted octanol–water partition coefficient (Wildman–Crippen LogP) is 3.70. The highest BCUT2D eigenvalue weighted by molar-refractivity contribution is 7.12. The fraction of sp³-hybridized carbons (Fsp3) is 0.267. The van der Waals surface area contributed by atoms with Crippen molar-refractivity contribution in [2.24, 2.45) is 0 Å². The molecule has 2 aromatic heterocycles. The summed E-state index contributed by atoms with van der Waals surface area (Å²) in [4.78, 5) is 31.7. The van der Waals surface area contributed by atoms with E-state index in [4.69, 9.17) is 5.11 Å². The molecule has 6 nitrogen and oxygen atoms in total. The fourth-order valence-corrected chi connectivity index (χ4v) is 2.45. The summed E-state index contributed by atoms with van der Waals surface area (Å²) in [6, 6.07) is 7.52. The Morgan fingerprint density at radius 1 is 1.04 bits per heavy atom. The molecule has 3 rings (SSSR count). The number of cyclic esters (lactones) is 2. The van der Waals surface area contributed by atoms with E-state index in [0.717, 1.165) is 0 Å². The van der Waals surface area contributed by atoms with Crippen molar-refractivity contribution in [3.05, 3.63) is 45.3 Å². The Balaban J connectivity index is 0.000000198. The van der Waals surface area contributed by atoms with Crippen LogP contribution in [0.1, 0.15) is 22.5 Å². The van der Waals surface area contributed by atoms with Gasteiger partial charge in [0.15, 0.2) is 5.78 Å². The molecule has 1 aliphatic rings. The van der Waals surface area contributed by atoms with Crippen LogP contribution in [0.2, 0.25) is 0 Å². The summed E-state index contributed by atoms with van der Waals surface area (Å²) in [6.07, 6.45) is -0.540. The van der Waals surface area contributed by atoms with Gasteiger partial charge in [0, 0.05) is 6.42 Å². The second-order valence-corrected chi connectivity index (χ2v) is 5.80. The SMILES string of the molecule is O=C(O)CCC(=O)c1cccs1.O=C1OCCO1.c1ccsc1. The van der Waals surface area contributed by atoms with Gasteiger partial charge in [-0.25, -0.2) is 4.79 Å². The van der Waals surface area contributed by atoms with E-state index in [2.05, 4.69) is 9.47 Å². The van der Waals surface area contributed by atoms with E-state index < -0.39 is 12.1 Å². The number of ketones is 1. The first-order valence-electron chi connectivity index (χ1n) is 6.65. The van der Waals surface area contributed by atoms with E-state index >= 15 is 0 Å². The van der Waals surface area contributed by atoms with Crippen molar-refractivity contribution in [1.82, 2.24) is 0 Å². The Bertz CT molecular complexity index is 552. The van der Waals surface area contributed by atoms with Crippen molar-refractivity contribution in [3.8, 4) is 0 Å². The van der Waals surface area contributed by atoms with Crippen LogP contribution in [0.5, 0.6) is 0 Å². The first-order chi connectivity index (χ1) is 11.1. The number of hydrogen-bond acceptors (Lipinski definition) is 7. The highest BCUT2D eigenvalue weighted by Gasteiger charge is 2.09. The maximum atomic E-state index is 11.2. The largest absolute Gasteiger partial charge is 0.508 e. The van der Waals surface area contributed by atoms with E-state index in [1.165, 1.54) is 11.3 Å². The molecule has 1 aliphatic heterocycles. The molecule has 0 bridgehead atoms. The van der Waals surface area contributed by atoms with Gasteiger partial charge in [0.1, 0.15) is 13.2 Å². The van der Waals surface area contributed by atoms with Crippen molar-refractivity contribution in [2.45, 2.75) is 12.8 Å². The first kappa shape index (κ1) is 18.9. The zero-order valence-corrected chi connectivity index (χ0v) is 13.8. The number of ether oxygens (including phenoxy) is 2. The van der Waals surface area contributed by atoms with Gasteiger partial charge in [0.05, 0.1) is 11.3 Å². The van der Waals surface area contributed by atoms with E-state index in [9.17, 15) is 14.4 Å². The maximum absolute atomic E-state index is 11.2. The Morgan fingerprint density at radius 2 is 1.70 bits per heavy atom. The van der Waals surface area contributed by atoms with Gasteiger partial charge in [0.25, 0.3) is 0 Å². The van der Waals surface area contributed by atoms with Gasteiger partial charge in [-0.1, -0.05) is 18.2 Å². The number of carboxylic acids is 1. The maximum Gasteiger partial charge on any atom is 0.508 e. The predicted molar refractivity (Wildman–Crippen MR) is 87.1 cm³/mol. The molecule has 1 N–H and O–H groups in total. The topological polar surface area (TPSA) is 89.9 Å². The third-order valence-electron chi connectivity index (χ3n) is 2.31. The molecule has 3 heterocycles. The summed E-state index contributed by atoms with van der Waals surface area (Å²) in [5.41, 5.74) is 0. The summed E-state index contributed by atoms with van der Waals surface area (Å²) in [6.45, 7) is 0.831. The van der Waals surface area contributed by atoms with Gasteiger partial charge in [-0.05, 0) is 22.2 Å². The Morgan fingerprint density at radius 3 is 2.04 bits per heavy atom. The van der Waals surface area contributed by atoms with E-state index in [0.29, 0.717) is 18.1 Å². The third-order valence-corrected chi connectivity index (χ3v) is 3.85. The van der Waals surface area contributed by atoms with Crippen LogP contribution in [0.15, 0.2) is 40.4 Å². The van der Waals surface area contributed by atoms with Crippen molar-refractivity contribution in [2.75, 3.05) is 13.2 Å². The third kappa shape index (κ3) is 9.43. The molecule has 0 spiro atoms. The fourth-order valence-electron chi connectivity index (χ4n) is 1.30. The minimum absolute atomic E-state index is 0.0866. The van der Waals surface area contributed by atoms with Crippen LogP contribution in [0.4, 0.5) is 4.79 Å². The normalized spacial score (nSPS) is 11.9. The highest BCUT2D eigenvalue weighted by Crippen LogP contribution is 2.11. The monoisotopic (exact) mass is 356 g/mol. The van der Waals surface area contributed by atoms with E-state index in [1.54, 1.807) is 28.8 Å². The second kappa shape index (κ2) is 11.4. The highest BCUT2D eigenvalue weighted by atomic mass is 32.1. The Hall–Kier alpha value is -2.19. The Kier molecular flexibility index (Phi) is 9.34. The van der Waals surface area contributed by atoms with Crippen LogP contribution in [0, 0.1) is 0 Å². The number of carbonyl (C=O) groups is 3. The summed E-state index contributed by atoms with van der Waals surface area (Å²) in [7, 11) is 0.